The number of oxime groups is 1. The lowest BCUT2D eigenvalue weighted by Crippen LogP contribution is -2.40. The smallest absolute Gasteiger partial charge is 0.307 e. The monoisotopic (exact) mass is 438 g/mol. The van der Waals surface area contributed by atoms with Crippen LogP contribution in [0.25, 0.3) is 11.1 Å². The first-order valence-corrected chi connectivity index (χ1v) is 10.0. The van der Waals surface area contributed by atoms with Crippen LogP contribution in [0.4, 0.5) is 4.39 Å². The minimum Gasteiger partial charge on any atom is -0.481 e. The third-order valence-electron chi connectivity index (χ3n) is 4.85. The minimum absolute atomic E-state index is 0.315. The van der Waals surface area contributed by atoms with Gasteiger partial charge in [-0.2, -0.15) is 0 Å². The number of piperidine rings is 1. The summed E-state index contributed by atoms with van der Waals surface area (Å²) < 4.78 is 13.7. The Bertz CT molecular complexity index is 907. The topological polar surface area (TPSA) is 62.1 Å². The Balaban J connectivity index is 1.62. The SMILES string of the molecule is O=C(O)C1CCCN(CCON=Cc2cc(F)ccc2-c2ccc(Cl)cc2Cl)C1. The number of likely N-dealkylation sites (tertiary alicyclic amines) is 1. The van der Waals surface area contributed by atoms with E-state index in [1.165, 1.54) is 18.3 Å². The van der Waals surface area contributed by atoms with E-state index in [1.807, 2.05) is 0 Å². The molecule has 2 aromatic carbocycles. The number of hydrogen-bond donors (Lipinski definition) is 1. The highest BCUT2D eigenvalue weighted by Crippen LogP contribution is 2.32. The molecule has 1 heterocycles. The van der Waals surface area contributed by atoms with Crippen LogP contribution in [-0.4, -0.2) is 48.4 Å². The van der Waals surface area contributed by atoms with E-state index < -0.39 is 11.8 Å². The summed E-state index contributed by atoms with van der Waals surface area (Å²) in [5.41, 5.74) is 1.95. The zero-order valence-electron chi connectivity index (χ0n) is 15.7. The first kappa shape index (κ1) is 21.6. The lowest BCUT2D eigenvalue weighted by molar-refractivity contribution is -0.143. The molecule has 1 unspecified atom stereocenters. The summed E-state index contributed by atoms with van der Waals surface area (Å²) in [5.74, 6) is -1.48. The molecule has 0 spiro atoms. The predicted octanol–water partition coefficient (Wildman–Crippen LogP) is 4.95. The van der Waals surface area contributed by atoms with E-state index in [0.29, 0.717) is 52.9 Å². The Kier molecular flexibility index (Phi) is 7.47. The molecule has 1 fully saturated rings. The van der Waals surface area contributed by atoms with Crippen molar-refractivity contribution in [2.24, 2.45) is 11.1 Å². The lowest BCUT2D eigenvalue weighted by atomic mass is 9.98. The van der Waals surface area contributed by atoms with Gasteiger partial charge in [0.2, 0.25) is 0 Å². The molecule has 0 bridgehead atoms. The molecule has 154 valence electrons. The number of benzene rings is 2. The van der Waals surface area contributed by atoms with Crippen molar-refractivity contribution in [2.45, 2.75) is 12.8 Å². The van der Waals surface area contributed by atoms with Crippen LogP contribution >= 0.6 is 23.2 Å². The average molecular weight is 439 g/mol. The Morgan fingerprint density at radius 1 is 1.28 bits per heavy atom. The Labute approximate surface area is 178 Å². The van der Waals surface area contributed by atoms with E-state index in [1.54, 1.807) is 24.3 Å². The molecule has 1 N–H and O–H groups in total. The van der Waals surface area contributed by atoms with Crippen molar-refractivity contribution in [1.29, 1.82) is 0 Å². The number of nitrogens with zero attached hydrogens (tertiary/aromatic N) is 2. The second-order valence-electron chi connectivity index (χ2n) is 6.90. The standard InChI is InChI=1S/C21H21Cl2FN2O3/c22-16-3-5-19(20(23)11-16)18-6-4-17(24)10-15(18)12-25-29-9-8-26-7-1-2-14(13-26)21(27)28/h3-6,10-12,14H,1-2,7-9,13H2,(H,27,28). The predicted molar refractivity (Wildman–Crippen MR) is 112 cm³/mol. The van der Waals surface area contributed by atoms with Gasteiger partial charge < -0.3 is 9.94 Å². The van der Waals surface area contributed by atoms with E-state index in [4.69, 9.17) is 33.1 Å². The fraction of sp³-hybridized carbons (Fsp3) is 0.333. The summed E-state index contributed by atoms with van der Waals surface area (Å²) in [7, 11) is 0. The van der Waals surface area contributed by atoms with Gasteiger partial charge in [-0.15, -0.1) is 0 Å². The quantitative estimate of drug-likeness (QED) is 0.377. The average Bonchev–Trinajstić information content (AvgIpc) is 2.69. The van der Waals surface area contributed by atoms with Crippen molar-refractivity contribution in [3.8, 4) is 11.1 Å². The summed E-state index contributed by atoms with van der Waals surface area (Å²) >= 11 is 12.2. The molecule has 2 aromatic rings. The summed E-state index contributed by atoms with van der Waals surface area (Å²) in [5, 5.41) is 14.1. The zero-order chi connectivity index (χ0) is 20.8. The van der Waals surface area contributed by atoms with Crippen LogP contribution < -0.4 is 0 Å². The van der Waals surface area contributed by atoms with Crippen molar-refractivity contribution in [2.75, 3.05) is 26.2 Å². The van der Waals surface area contributed by atoms with E-state index in [2.05, 4.69) is 10.1 Å². The number of carboxylic acids is 1. The van der Waals surface area contributed by atoms with E-state index in [-0.39, 0.29) is 5.92 Å². The number of carboxylic acid groups (broad SMARTS) is 1. The van der Waals surface area contributed by atoms with Gasteiger partial charge in [0.15, 0.2) is 0 Å². The summed E-state index contributed by atoms with van der Waals surface area (Å²) in [6.07, 6.45) is 3.01. The van der Waals surface area contributed by atoms with Gasteiger partial charge in [0.05, 0.1) is 12.1 Å². The Morgan fingerprint density at radius 3 is 2.83 bits per heavy atom. The van der Waals surface area contributed by atoms with Crippen LogP contribution in [0.2, 0.25) is 10.0 Å². The Hall–Kier alpha value is -2.15. The van der Waals surface area contributed by atoms with Crippen molar-refractivity contribution < 1.29 is 19.1 Å². The van der Waals surface area contributed by atoms with Gasteiger partial charge in [-0.3, -0.25) is 9.69 Å². The molecule has 0 amide bonds. The van der Waals surface area contributed by atoms with Crippen LogP contribution in [0.3, 0.4) is 0 Å². The van der Waals surface area contributed by atoms with Gasteiger partial charge in [0, 0.05) is 34.3 Å². The second kappa shape index (κ2) is 10.1. The summed E-state index contributed by atoms with van der Waals surface area (Å²) in [4.78, 5) is 18.5. The van der Waals surface area contributed by atoms with Gasteiger partial charge in [-0.05, 0) is 49.2 Å². The lowest BCUT2D eigenvalue weighted by Gasteiger charge is -2.29. The summed E-state index contributed by atoms with van der Waals surface area (Å²) in [6.45, 7) is 2.26. The normalized spacial score (nSPS) is 17.6. The van der Waals surface area contributed by atoms with Gasteiger partial charge in [-0.25, -0.2) is 4.39 Å². The second-order valence-corrected chi connectivity index (χ2v) is 7.75. The van der Waals surface area contributed by atoms with Crippen LogP contribution in [-0.2, 0) is 9.63 Å². The zero-order valence-corrected chi connectivity index (χ0v) is 17.2. The highest BCUT2D eigenvalue weighted by Gasteiger charge is 2.24. The van der Waals surface area contributed by atoms with Gasteiger partial charge in [-0.1, -0.05) is 40.5 Å². The number of aliphatic carboxylic acids is 1. The van der Waals surface area contributed by atoms with Crippen LogP contribution in [0, 0.1) is 11.7 Å². The number of hydrogen-bond acceptors (Lipinski definition) is 4. The molecule has 1 atom stereocenters. The molecule has 1 aliphatic rings. The van der Waals surface area contributed by atoms with Gasteiger partial charge >= 0.3 is 5.97 Å². The molecule has 29 heavy (non-hydrogen) atoms. The summed E-state index contributed by atoms with van der Waals surface area (Å²) in [6, 6.07) is 9.45. The number of rotatable bonds is 7. The van der Waals surface area contributed by atoms with Gasteiger partial charge in [0.25, 0.3) is 0 Å². The minimum atomic E-state index is -0.756. The molecule has 0 radical (unpaired) electrons. The fourth-order valence-electron chi connectivity index (χ4n) is 3.37. The molecule has 0 aliphatic carbocycles. The third-order valence-corrected chi connectivity index (χ3v) is 5.40. The van der Waals surface area contributed by atoms with Gasteiger partial charge in [0.1, 0.15) is 12.4 Å². The van der Waals surface area contributed by atoms with Crippen LogP contribution in [0.1, 0.15) is 18.4 Å². The van der Waals surface area contributed by atoms with Crippen molar-refractivity contribution >= 4 is 35.4 Å². The first-order valence-electron chi connectivity index (χ1n) is 9.29. The molecule has 1 aliphatic heterocycles. The highest BCUT2D eigenvalue weighted by atomic mass is 35.5. The highest BCUT2D eigenvalue weighted by molar-refractivity contribution is 6.36. The third kappa shape index (κ3) is 5.92. The van der Waals surface area contributed by atoms with Crippen molar-refractivity contribution in [3.63, 3.8) is 0 Å². The van der Waals surface area contributed by atoms with E-state index >= 15 is 0 Å². The van der Waals surface area contributed by atoms with E-state index in [0.717, 1.165) is 13.0 Å². The molecular formula is C21H21Cl2FN2O3. The van der Waals surface area contributed by atoms with E-state index in [9.17, 15) is 9.18 Å². The van der Waals surface area contributed by atoms with Crippen LogP contribution in [0.5, 0.6) is 0 Å². The molecule has 0 saturated carbocycles. The molecule has 8 heteroatoms. The molecular weight excluding hydrogens is 418 g/mol. The largest absolute Gasteiger partial charge is 0.481 e. The molecule has 1 saturated heterocycles. The van der Waals surface area contributed by atoms with Crippen molar-refractivity contribution in [3.05, 3.63) is 57.8 Å². The number of halogens is 3. The maximum Gasteiger partial charge on any atom is 0.307 e. The maximum atomic E-state index is 13.7. The number of carbonyl (C=O) groups is 1. The maximum absolute atomic E-state index is 13.7. The molecule has 5 nitrogen and oxygen atoms in total. The first-order chi connectivity index (χ1) is 13.9. The molecule has 0 aromatic heterocycles. The van der Waals surface area contributed by atoms with Crippen molar-refractivity contribution in [1.82, 2.24) is 4.90 Å². The molecule has 3 rings (SSSR count). The van der Waals surface area contributed by atoms with Crippen LogP contribution in [0.15, 0.2) is 41.6 Å². The Morgan fingerprint density at radius 2 is 2.07 bits per heavy atom. The fourth-order valence-corrected chi connectivity index (χ4v) is 3.88.